The van der Waals surface area contributed by atoms with Gasteiger partial charge in [-0.15, -0.1) is 0 Å². The van der Waals surface area contributed by atoms with Crippen molar-refractivity contribution in [3.63, 3.8) is 0 Å². The molecule has 0 radical (unpaired) electrons. The van der Waals surface area contributed by atoms with Crippen molar-refractivity contribution >= 4 is 44.2 Å². The fourth-order valence-corrected chi connectivity index (χ4v) is 3.30. The monoisotopic (exact) mass is 329 g/mol. The van der Waals surface area contributed by atoms with E-state index in [4.69, 9.17) is 21.0 Å². The Labute approximate surface area is 143 Å². The lowest BCUT2D eigenvalue weighted by Gasteiger charge is -1.99. The van der Waals surface area contributed by atoms with Crippen molar-refractivity contribution in [1.29, 1.82) is 0 Å². The minimum Gasteiger partial charge on any atom is -0.436 e. The summed E-state index contributed by atoms with van der Waals surface area (Å²) in [5.74, 6) is 0.628. The van der Waals surface area contributed by atoms with Gasteiger partial charge < -0.3 is 4.42 Å². The first-order chi connectivity index (χ1) is 11.8. The van der Waals surface area contributed by atoms with Crippen molar-refractivity contribution in [1.82, 2.24) is 4.98 Å². The first-order valence-electron chi connectivity index (χ1n) is 7.76. The summed E-state index contributed by atoms with van der Waals surface area (Å²) in [6.07, 6.45) is 0. The van der Waals surface area contributed by atoms with Crippen molar-refractivity contribution in [2.45, 2.75) is 0 Å². The summed E-state index contributed by atoms with van der Waals surface area (Å²) in [4.78, 5) is 4.73. The van der Waals surface area contributed by atoms with E-state index in [9.17, 15) is 0 Å². The van der Waals surface area contributed by atoms with Gasteiger partial charge in [-0.2, -0.15) is 0 Å². The van der Waals surface area contributed by atoms with Crippen molar-refractivity contribution in [2.75, 3.05) is 0 Å². The number of aromatic nitrogens is 1. The molecule has 0 saturated carbocycles. The van der Waals surface area contributed by atoms with Crippen LogP contribution in [0.3, 0.4) is 0 Å². The molecule has 5 rings (SSSR count). The van der Waals surface area contributed by atoms with E-state index < -0.39 is 0 Å². The molecule has 1 aromatic heterocycles. The van der Waals surface area contributed by atoms with Crippen LogP contribution in [-0.2, 0) is 0 Å². The quantitative estimate of drug-likeness (QED) is 0.353. The normalized spacial score (nSPS) is 11.5. The number of rotatable bonds is 1. The van der Waals surface area contributed by atoms with Crippen LogP contribution >= 0.6 is 11.6 Å². The lowest BCUT2D eigenvalue weighted by atomic mass is 10.1. The Morgan fingerprint density at radius 2 is 1.54 bits per heavy atom. The number of oxazole rings is 1. The zero-order valence-electron chi connectivity index (χ0n) is 12.7. The van der Waals surface area contributed by atoms with Gasteiger partial charge in [0, 0.05) is 16.0 Å². The third kappa shape index (κ3) is 2.08. The zero-order valence-corrected chi connectivity index (χ0v) is 13.4. The molecule has 4 aromatic carbocycles. The fraction of sp³-hybridized carbons (Fsp3) is 0. The molecule has 114 valence electrons. The molecule has 0 saturated heterocycles. The molecular weight excluding hydrogens is 318 g/mol. The molecule has 1 heterocycles. The third-order valence-electron chi connectivity index (χ3n) is 4.33. The molecule has 0 fully saturated rings. The van der Waals surface area contributed by atoms with Gasteiger partial charge in [-0.1, -0.05) is 54.1 Å². The van der Waals surface area contributed by atoms with Crippen LogP contribution in [-0.4, -0.2) is 4.98 Å². The Hall–Kier alpha value is -2.84. The van der Waals surface area contributed by atoms with Crippen LogP contribution in [0.2, 0.25) is 5.02 Å². The van der Waals surface area contributed by atoms with Crippen LogP contribution in [0, 0.1) is 0 Å². The summed E-state index contributed by atoms with van der Waals surface area (Å²) in [5.41, 5.74) is 2.59. The van der Waals surface area contributed by atoms with Crippen LogP contribution in [0.5, 0.6) is 0 Å². The fourth-order valence-electron chi connectivity index (χ4n) is 3.13. The Balaban J connectivity index is 1.76. The number of halogens is 1. The number of hydrogen-bond acceptors (Lipinski definition) is 2. The van der Waals surface area contributed by atoms with Crippen molar-refractivity contribution in [3.8, 4) is 11.5 Å². The van der Waals surface area contributed by atoms with E-state index in [2.05, 4.69) is 24.3 Å². The largest absolute Gasteiger partial charge is 0.436 e. The van der Waals surface area contributed by atoms with Crippen LogP contribution in [0.25, 0.3) is 44.1 Å². The lowest BCUT2D eigenvalue weighted by Crippen LogP contribution is -1.79. The Morgan fingerprint density at radius 1 is 0.750 bits per heavy atom. The minimum absolute atomic E-state index is 0.628. The maximum Gasteiger partial charge on any atom is 0.227 e. The van der Waals surface area contributed by atoms with Gasteiger partial charge in [0.05, 0.1) is 0 Å². The van der Waals surface area contributed by atoms with Gasteiger partial charge in [-0.3, -0.25) is 0 Å². The second kappa shape index (κ2) is 5.08. The molecule has 0 N–H and O–H groups in total. The van der Waals surface area contributed by atoms with Crippen molar-refractivity contribution in [2.24, 2.45) is 0 Å². The Kier molecular flexibility index (Phi) is 2.88. The molecule has 24 heavy (non-hydrogen) atoms. The standard InChI is InChI=1S/C21H12ClNO/c22-17-9-7-14-8-10-19-20(18(14)12-17)23-21(24-19)16-6-5-13-3-1-2-4-15(13)11-16/h1-12H. The van der Waals surface area contributed by atoms with Crippen LogP contribution in [0.1, 0.15) is 0 Å². The molecule has 2 nitrogen and oxygen atoms in total. The number of fused-ring (bicyclic) bond motifs is 4. The van der Waals surface area contributed by atoms with E-state index in [1.54, 1.807) is 0 Å². The summed E-state index contributed by atoms with van der Waals surface area (Å²) >= 11 is 6.15. The van der Waals surface area contributed by atoms with Gasteiger partial charge in [0.2, 0.25) is 5.89 Å². The van der Waals surface area contributed by atoms with Gasteiger partial charge in [-0.25, -0.2) is 4.98 Å². The third-order valence-corrected chi connectivity index (χ3v) is 4.57. The molecule has 5 aromatic rings. The van der Waals surface area contributed by atoms with Gasteiger partial charge in [0.1, 0.15) is 5.52 Å². The molecular formula is C21H12ClNO. The summed E-state index contributed by atoms with van der Waals surface area (Å²) in [6.45, 7) is 0. The maximum atomic E-state index is 6.15. The Bertz CT molecular complexity index is 1220. The summed E-state index contributed by atoms with van der Waals surface area (Å²) < 4.78 is 6.00. The van der Waals surface area contributed by atoms with Gasteiger partial charge in [-0.05, 0) is 46.5 Å². The predicted molar refractivity (Wildman–Crippen MR) is 99.5 cm³/mol. The average molecular weight is 330 g/mol. The second-order valence-corrected chi connectivity index (χ2v) is 6.30. The highest BCUT2D eigenvalue weighted by Gasteiger charge is 2.11. The number of benzene rings is 4. The molecule has 0 amide bonds. The van der Waals surface area contributed by atoms with Crippen LogP contribution in [0.15, 0.2) is 77.2 Å². The van der Waals surface area contributed by atoms with Crippen LogP contribution < -0.4 is 0 Å². The maximum absolute atomic E-state index is 6.15. The van der Waals surface area contributed by atoms with E-state index in [1.807, 2.05) is 48.5 Å². The highest BCUT2D eigenvalue weighted by Crippen LogP contribution is 2.32. The summed E-state index contributed by atoms with van der Waals surface area (Å²) in [7, 11) is 0. The van der Waals surface area contributed by atoms with E-state index in [-0.39, 0.29) is 0 Å². The SMILES string of the molecule is Clc1ccc2ccc3oc(-c4ccc5ccccc5c4)nc3c2c1. The highest BCUT2D eigenvalue weighted by atomic mass is 35.5. The van der Waals surface area contributed by atoms with E-state index >= 15 is 0 Å². The van der Waals surface area contributed by atoms with Crippen molar-refractivity contribution < 1.29 is 4.42 Å². The van der Waals surface area contributed by atoms with Gasteiger partial charge >= 0.3 is 0 Å². The first-order valence-corrected chi connectivity index (χ1v) is 8.14. The topological polar surface area (TPSA) is 26.0 Å². The summed E-state index contributed by atoms with van der Waals surface area (Å²) in [5, 5.41) is 5.19. The molecule has 0 spiro atoms. The van der Waals surface area contributed by atoms with E-state index in [0.29, 0.717) is 10.9 Å². The number of hydrogen-bond donors (Lipinski definition) is 0. The zero-order chi connectivity index (χ0) is 16.1. The average Bonchev–Trinajstić information content (AvgIpc) is 3.06. The second-order valence-electron chi connectivity index (χ2n) is 5.86. The Morgan fingerprint density at radius 3 is 2.46 bits per heavy atom. The summed E-state index contributed by atoms with van der Waals surface area (Å²) in [6, 6.07) is 24.3. The van der Waals surface area contributed by atoms with E-state index in [0.717, 1.165) is 27.4 Å². The molecule has 3 heteroatoms. The smallest absolute Gasteiger partial charge is 0.227 e. The molecule has 0 aliphatic carbocycles. The van der Waals surface area contributed by atoms with Gasteiger partial charge in [0.15, 0.2) is 5.58 Å². The van der Waals surface area contributed by atoms with E-state index in [1.165, 1.54) is 10.8 Å². The number of nitrogens with zero attached hydrogens (tertiary/aromatic N) is 1. The molecule has 0 atom stereocenters. The molecule has 0 aliphatic heterocycles. The van der Waals surface area contributed by atoms with Crippen LogP contribution in [0.4, 0.5) is 0 Å². The lowest BCUT2D eigenvalue weighted by molar-refractivity contribution is 0.620. The minimum atomic E-state index is 0.628. The molecule has 0 unspecified atom stereocenters. The highest BCUT2D eigenvalue weighted by molar-refractivity contribution is 6.31. The molecule has 0 bridgehead atoms. The first kappa shape index (κ1) is 13.6. The predicted octanol–water partition coefficient (Wildman–Crippen LogP) is 6.45. The molecule has 0 aliphatic rings. The van der Waals surface area contributed by atoms with Gasteiger partial charge in [0.25, 0.3) is 0 Å². The van der Waals surface area contributed by atoms with Crippen molar-refractivity contribution in [3.05, 3.63) is 77.8 Å².